The molecule has 0 aromatic heterocycles. The molecule has 2 aromatic carbocycles. The summed E-state index contributed by atoms with van der Waals surface area (Å²) >= 11 is 11.9. The van der Waals surface area contributed by atoms with E-state index in [0.29, 0.717) is 32.8 Å². The van der Waals surface area contributed by atoms with E-state index >= 15 is 0 Å². The Hall–Kier alpha value is -2.44. The summed E-state index contributed by atoms with van der Waals surface area (Å²) in [4.78, 5) is 17.4. The van der Waals surface area contributed by atoms with Gasteiger partial charge in [0.05, 0.1) is 31.1 Å². The molecule has 0 bridgehead atoms. The first-order chi connectivity index (χ1) is 12.5. The van der Waals surface area contributed by atoms with Crippen LogP contribution in [0.1, 0.15) is 12.5 Å². The molecular formula is C18H18Cl2N2O4. The van der Waals surface area contributed by atoms with Crippen LogP contribution in [0.3, 0.4) is 0 Å². The van der Waals surface area contributed by atoms with Crippen LogP contribution in [0.4, 0.5) is 5.69 Å². The van der Waals surface area contributed by atoms with Gasteiger partial charge in [0.1, 0.15) is 0 Å². The summed E-state index contributed by atoms with van der Waals surface area (Å²) in [7, 11) is 3.07. The van der Waals surface area contributed by atoms with Gasteiger partial charge in [0, 0.05) is 10.6 Å². The van der Waals surface area contributed by atoms with E-state index in [1.165, 1.54) is 13.3 Å². The fraction of sp³-hybridized carbons (Fsp3) is 0.222. The van der Waals surface area contributed by atoms with Gasteiger partial charge in [-0.3, -0.25) is 4.79 Å². The number of amides is 1. The highest BCUT2D eigenvalue weighted by atomic mass is 35.5. The van der Waals surface area contributed by atoms with Crippen molar-refractivity contribution < 1.29 is 19.1 Å². The van der Waals surface area contributed by atoms with Crippen LogP contribution in [0.15, 0.2) is 41.6 Å². The average Bonchev–Trinajstić information content (AvgIpc) is 2.64. The first kappa shape index (κ1) is 19.9. The van der Waals surface area contributed by atoms with Crippen LogP contribution < -0.4 is 14.8 Å². The molecule has 8 heteroatoms. The summed E-state index contributed by atoms with van der Waals surface area (Å²) in [5.41, 5.74) is 1.05. The van der Waals surface area contributed by atoms with Crippen molar-refractivity contribution in [3.05, 3.63) is 52.0 Å². The zero-order valence-corrected chi connectivity index (χ0v) is 16.0. The second-order valence-electron chi connectivity index (χ2n) is 5.18. The van der Waals surface area contributed by atoms with Crippen LogP contribution in [0.5, 0.6) is 11.5 Å². The zero-order valence-electron chi connectivity index (χ0n) is 14.5. The summed E-state index contributed by atoms with van der Waals surface area (Å²) in [6.07, 6.45) is 0.593. The van der Waals surface area contributed by atoms with Crippen molar-refractivity contribution in [2.24, 2.45) is 5.16 Å². The summed E-state index contributed by atoms with van der Waals surface area (Å²) in [5.74, 6) is 0.673. The quantitative estimate of drug-likeness (QED) is 0.556. The number of anilines is 1. The lowest BCUT2D eigenvalue weighted by Crippen LogP contribution is -2.26. The van der Waals surface area contributed by atoms with Gasteiger partial charge in [0.15, 0.2) is 11.5 Å². The number of carbonyl (C=O) groups is 1. The Kier molecular flexibility index (Phi) is 7.12. The van der Waals surface area contributed by atoms with Crippen LogP contribution in [0, 0.1) is 0 Å². The van der Waals surface area contributed by atoms with Crippen molar-refractivity contribution in [2.45, 2.75) is 13.0 Å². The third kappa shape index (κ3) is 5.03. The Labute approximate surface area is 161 Å². The van der Waals surface area contributed by atoms with E-state index in [1.807, 2.05) is 0 Å². The predicted molar refractivity (Wildman–Crippen MR) is 103 cm³/mol. The molecule has 0 unspecified atom stereocenters. The number of ether oxygens (including phenoxy) is 2. The molecule has 0 aliphatic heterocycles. The molecule has 0 spiro atoms. The molecule has 0 heterocycles. The first-order valence-electron chi connectivity index (χ1n) is 7.62. The third-order valence-electron chi connectivity index (χ3n) is 3.40. The number of hydrogen-bond acceptors (Lipinski definition) is 5. The lowest BCUT2D eigenvalue weighted by atomic mass is 10.2. The van der Waals surface area contributed by atoms with Gasteiger partial charge in [-0.05, 0) is 37.3 Å². The molecule has 0 fully saturated rings. The van der Waals surface area contributed by atoms with E-state index in [-0.39, 0.29) is 0 Å². The molecule has 1 N–H and O–H groups in total. The minimum atomic E-state index is -0.849. The van der Waals surface area contributed by atoms with E-state index in [9.17, 15) is 4.79 Å². The highest BCUT2D eigenvalue weighted by Gasteiger charge is 2.16. The number of halogens is 2. The van der Waals surface area contributed by atoms with Gasteiger partial charge >= 0.3 is 0 Å². The van der Waals surface area contributed by atoms with Crippen LogP contribution in [-0.2, 0) is 9.63 Å². The number of rotatable bonds is 7. The number of para-hydroxylation sites is 1. The highest BCUT2D eigenvalue weighted by molar-refractivity contribution is 6.35. The molecule has 0 saturated carbocycles. The fourth-order valence-electron chi connectivity index (χ4n) is 2.07. The van der Waals surface area contributed by atoms with E-state index < -0.39 is 12.0 Å². The Morgan fingerprint density at radius 2 is 1.96 bits per heavy atom. The lowest BCUT2D eigenvalue weighted by Gasteiger charge is -2.12. The largest absolute Gasteiger partial charge is 0.493 e. The maximum atomic E-state index is 12.2. The van der Waals surface area contributed by atoms with E-state index in [0.717, 1.165) is 0 Å². The number of nitrogens with zero attached hydrogens (tertiary/aromatic N) is 1. The van der Waals surface area contributed by atoms with Crippen molar-refractivity contribution in [1.29, 1.82) is 0 Å². The molecule has 2 rings (SSSR count). The van der Waals surface area contributed by atoms with E-state index in [1.54, 1.807) is 50.4 Å². The lowest BCUT2D eigenvalue weighted by molar-refractivity contribution is -0.126. The molecule has 26 heavy (non-hydrogen) atoms. The summed E-state index contributed by atoms with van der Waals surface area (Å²) in [6.45, 7) is 1.56. The molecule has 0 aliphatic carbocycles. The Balaban J connectivity index is 2.02. The van der Waals surface area contributed by atoms with Gasteiger partial charge in [-0.25, -0.2) is 0 Å². The van der Waals surface area contributed by atoms with Gasteiger partial charge in [-0.2, -0.15) is 0 Å². The fourth-order valence-corrected chi connectivity index (χ4v) is 2.40. The first-order valence-corrected chi connectivity index (χ1v) is 8.38. The molecule has 2 aromatic rings. The number of oxime groups is 1. The Bertz CT molecular complexity index is 812. The normalized spacial score (nSPS) is 11.9. The Morgan fingerprint density at radius 3 is 2.65 bits per heavy atom. The van der Waals surface area contributed by atoms with Crippen molar-refractivity contribution in [3.63, 3.8) is 0 Å². The number of hydrogen-bond donors (Lipinski definition) is 1. The molecule has 0 radical (unpaired) electrons. The molecule has 0 aliphatic rings. The summed E-state index contributed by atoms with van der Waals surface area (Å²) in [5, 5.41) is 7.32. The second-order valence-corrected chi connectivity index (χ2v) is 6.02. The van der Waals surface area contributed by atoms with Crippen molar-refractivity contribution in [1.82, 2.24) is 0 Å². The monoisotopic (exact) mass is 396 g/mol. The van der Waals surface area contributed by atoms with Crippen LogP contribution in [0.2, 0.25) is 10.0 Å². The van der Waals surface area contributed by atoms with Crippen molar-refractivity contribution >= 4 is 41.0 Å². The minimum Gasteiger partial charge on any atom is -0.493 e. The number of benzene rings is 2. The maximum Gasteiger partial charge on any atom is 0.268 e. The number of nitrogens with one attached hydrogen (secondary N) is 1. The van der Waals surface area contributed by atoms with Gasteiger partial charge in [0.25, 0.3) is 5.91 Å². The number of carbonyl (C=O) groups excluding carboxylic acids is 1. The standard InChI is InChI=1S/C18H18Cl2N2O4/c1-11(18(23)22-15-9-13(19)7-8-14(15)20)26-21-10-12-5-4-6-16(24-2)17(12)25-3/h4-11H,1-3H3,(H,22,23)/b21-10-/t11-/m1/s1. The van der Waals surface area contributed by atoms with Crippen LogP contribution in [-0.4, -0.2) is 32.4 Å². The topological polar surface area (TPSA) is 69.2 Å². The molecule has 0 saturated heterocycles. The van der Waals surface area contributed by atoms with Crippen LogP contribution in [0.25, 0.3) is 0 Å². The molecule has 138 valence electrons. The Morgan fingerprint density at radius 1 is 1.19 bits per heavy atom. The van der Waals surface area contributed by atoms with Crippen molar-refractivity contribution in [2.75, 3.05) is 19.5 Å². The van der Waals surface area contributed by atoms with Gasteiger partial charge in [-0.1, -0.05) is 34.4 Å². The zero-order chi connectivity index (χ0) is 19.1. The molecule has 6 nitrogen and oxygen atoms in total. The maximum absolute atomic E-state index is 12.2. The second kappa shape index (κ2) is 9.31. The van der Waals surface area contributed by atoms with Gasteiger partial charge < -0.3 is 19.6 Å². The molecule has 1 amide bonds. The minimum absolute atomic E-state index is 0.375. The molecule has 1 atom stereocenters. The summed E-state index contributed by atoms with van der Waals surface area (Å²) in [6, 6.07) is 10.1. The average molecular weight is 397 g/mol. The SMILES string of the molecule is COc1cccc(/C=N\O[C@H](C)C(=O)Nc2cc(Cl)ccc2Cl)c1OC. The van der Waals surface area contributed by atoms with Gasteiger partial charge in [-0.15, -0.1) is 0 Å². The number of methoxy groups -OCH3 is 2. The van der Waals surface area contributed by atoms with E-state index in [2.05, 4.69) is 10.5 Å². The smallest absolute Gasteiger partial charge is 0.268 e. The van der Waals surface area contributed by atoms with Crippen molar-refractivity contribution in [3.8, 4) is 11.5 Å². The van der Waals surface area contributed by atoms with Gasteiger partial charge in [0.2, 0.25) is 6.10 Å². The molecular weight excluding hydrogens is 379 g/mol. The highest BCUT2D eigenvalue weighted by Crippen LogP contribution is 2.29. The predicted octanol–water partition coefficient (Wildman–Crippen LogP) is 4.39. The van der Waals surface area contributed by atoms with E-state index in [4.69, 9.17) is 37.5 Å². The third-order valence-corrected chi connectivity index (χ3v) is 3.96. The van der Waals surface area contributed by atoms with Crippen LogP contribution >= 0.6 is 23.2 Å². The summed E-state index contributed by atoms with van der Waals surface area (Å²) < 4.78 is 10.5.